The van der Waals surface area contributed by atoms with Crippen molar-refractivity contribution in [2.24, 2.45) is 0 Å². The summed E-state index contributed by atoms with van der Waals surface area (Å²) in [5, 5.41) is 10.4. The Balaban J connectivity index is 1.30. The van der Waals surface area contributed by atoms with Gasteiger partial charge in [-0.05, 0) is 54.0 Å². The lowest BCUT2D eigenvalue weighted by atomic mass is 9.98. The molecule has 1 fully saturated rings. The van der Waals surface area contributed by atoms with Gasteiger partial charge in [-0.3, -0.25) is 0 Å². The normalized spacial score (nSPS) is 18.0. The zero-order valence-corrected chi connectivity index (χ0v) is 20.5. The second kappa shape index (κ2) is 12.8. The summed E-state index contributed by atoms with van der Waals surface area (Å²) in [6.07, 6.45) is 6.91. The molecule has 0 saturated carbocycles. The predicted molar refractivity (Wildman–Crippen MR) is 136 cm³/mol. The molecule has 0 bridgehead atoms. The topological polar surface area (TPSA) is 51.5 Å². The van der Waals surface area contributed by atoms with Crippen molar-refractivity contribution >= 4 is 10.8 Å². The van der Waals surface area contributed by atoms with Crippen LogP contribution in [0.25, 0.3) is 10.8 Å². The Morgan fingerprint density at radius 1 is 0.943 bits per heavy atom. The molecule has 4 rings (SSSR count). The van der Waals surface area contributed by atoms with E-state index < -0.39 is 6.29 Å². The minimum Gasteiger partial charge on any atom is -0.373 e. The number of nitriles is 1. The van der Waals surface area contributed by atoms with Crippen molar-refractivity contribution in [3.05, 3.63) is 82.7 Å². The maximum absolute atomic E-state index is 15.2. The number of hydrogen-bond acceptors (Lipinski definition) is 4. The fraction of sp³-hybridized carbons (Fsp3) is 0.433. The molecule has 0 aliphatic carbocycles. The number of rotatable bonds is 11. The molecule has 4 nitrogen and oxygen atoms in total. The summed E-state index contributed by atoms with van der Waals surface area (Å²) in [6.45, 7) is 3.96. The highest BCUT2D eigenvalue weighted by Gasteiger charge is 2.24. The summed E-state index contributed by atoms with van der Waals surface area (Å²) < 4.78 is 32.9. The van der Waals surface area contributed by atoms with E-state index in [0.717, 1.165) is 36.0 Å². The number of halogens is 1. The lowest BCUT2D eigenvalue weighted by Gasteiger charge is -2.29. The molecule has 1 aliphatic heterocycles. The number of ether oxygens (including phenoxy) is 3. The molecule has 3 aromatic carbocycles. The summed E-state index contributed by atoms with van der Waals surface area (Å²) in [6, 6.07) is 19.0. The van der Waals surface area contributed by atoms with Crippen molar-refractivity contribution in [2.45, 2.75) is 64.3 Å². The highest BCUT2D eigenvalue weighted by molar-refractivity contribution is 5.84. The Morgan fingerprint density at radius 2 is 1.71 bits per heavy atom. The van der Waals surface area contributed by atoms with Crippen molar-refractivity contribution in [2.75, 3.05) is 19.8 Å². The molecule has 0 N–H and O–H groups in total. The number of unbranched alkanes of at least 4 members (excludes halogenated alkanes) is 4. The minimum absolute atomic E-state index is 0.0333. The van der Waals surface area contributed by atoms with E-state index in [4.69, 9.17) is 19.5 Å². The number of aryl methyl sites for hydroxylation is 2. The van der Waals surface area contributed by atoms with E-state index in [1.54, 1.807) is 12.1 Å². The average molecular weight is 476 g/mol. The van der Waals surface area contributed by atoms with Gasteiger partial charge >= 0.3 is 0 Å². The van der Waals surface area contributed by atoms with Crippen LogP contribution in [0.5, 0.6) is 0 Å². The molecule has 184 valence electrons. The highest BCUT2D eigenvalue weighted by atomic mass is 19.1. The zero-order valence-electron chi connectivity index (χ0n) is 20.5. The van der Waals surface area contributed by atoms with Gasteiger partial charge in [-0.15, -0.1) is 0 Å². The molecule has 0 radical (unpaired) electrons. The van der Waals surface area contributed by atoms with E-state index in [1.165, 1.54) is 25.7 Å². The molecule has 0 spiro atoms. The number of hydrogen-bond donors (Lipinski definition) is 0. The maximum atomic E-state index is 15.2. The van der Waals surface area contributed by atoms with Gasteiger partial charge in [0.05, 0.1) is 24.8 Å². The Hall–Kier alpha value is -2.78. The monoisotopic (exact) mass is 475 g/mol. The fourth-order valence-electron chi connectivity index (χ4n) is 4.45. The van der Waals surface area contributed by atoms with Gasteiger partial charge < -0.3 is 14.2 Å². The van der Waals surface area contributed by atoms with Crippen LogP contribution in [0.15, 0.2) is 54.6 Å². The van der Waals surface area contributed by atoms with Crippen LogP contribution in [0.2, 0.25) is 0 Å². The van der Waals surface area contributed by atoms with Crippen LogP contribution in [-0.2, 0) is 27.1 Å². The SMILES string of the molecule is CCCCCCCOC1COC(c2ccc3c(F)c(CCc4ccc(C#N)cc4)ccc3c2)OC1. The standard InChI is InChI=1S/C30H34FNO3/c1-2-3-4-5-6-17-33-27-20-34-30(35-21-27)26-15-16-28-25(18-26)14-13-24(29(28)31)12-11-22-7-9-23(19-32)10-8-22/h7-10,13-16,18,27,30H,2-6,11-12,17,20-21H2,1H3. The van der Waals surface area contributed by atoms with Crippen LogP contribution in [0.4, 0.5) is 4.39 Å². The minimum atomic E-state index is -0.456. The van der Waals surface area contributed by atoms with Gasteiger partial charge in [-0.25, -0.2) is 4.39 Å². The lowest BCUT2D eigenvalue weighted by molar-refractivity contribution is -0.230. The predicted octanol–water partition coefficient (Wildman–Crippen LogP) is 7.04. The first-order chi connectivity index (χ1) is 17.2. The first-order valence-corrected chi connectivity index (χ1v) is 12.7. The zero-order chi connectivity index (χ0) is 24.5. The first-order valence-electron chi connectivity index (χ1n) is 12.7. The third kappa shape index (κ3) is 6.89. The van der Waals surface area contributed by atoms with Gasteiger partial charge in [0, 0.05) is 17.6 Å². The molecular formula is C30H34FNO3. The number of fused-ring (bicyclic) bond motifs is 1. The molecule has 0 amide bonds. The average Bonchev–Trinajstić information content (AvgIpc) is 2.91. The van der Waals surface area contributed by atoms with Crippen molar-refractivity contribution in [3.63, 3.8) is 0 Å². The summed E-state index contributed by atoms with van der Waals surface area (Å²) in [5.41, 5.74) is 3.30. The Labute approximate surface area is 207 Å². The van der Waals surface area contributed by atoms with Gasteiger partial charge in [0.15, 0.2) is 6.29 Å². The van der Waals surface area contributed by atoms with E-state index >= 15 is 4.39 Å². The van der Waals surface area contributed by atoms with Crippen molar-refractivity contribution in [1.82, 2.24) is 0 Å². The highest BCUT2D eigenvalue weighted by Crippen LogP contribution is 2.29. The molecule has 1 saturated heterocycles. The molecule has 0 aromatic heterocycles. The quantitative estimate of drug-likeness (QED) is 0.279. The molecule has 0 unspecified atom stereocenters. The molecule has 5 heteroatoms. The third-order valence-corrected chi connectivity index (χ3v) is 6.56. The Kier molecular flexibility index (Phi) is 9.25. The fourth-order valence-corrected chi connectivity index (χ4v) is 4.45. The summed E-state index contributed by atoms with van der Waals surface area (Å²) in [7, 11) is 0. The van der Waals surface area contributed by atoms with Crippen LogP contribution in [-0.4, -0.2) is 25.9 Å². The van der Waals surface area contributed by atoms with Crippen molar-refractivity contribution in [1.29, 1.82) is 5.26 Å². The van der Waals surface area contributed by atoms with Gasteiger partial charge in [0.2, 0.25) is 0 Å². The summed E-state index contributed by atoms with van der Waals surface area (Å²) >= 11 is 0. The smallest absolute Gasteiger partial charge is 0.184 e. The van der Waals surface area contributed by atoms with Crippen molar-refractivity contribution < 1.29 is 18.6 Å². The van der Waals surface area contributed by atoms with E-state index in [9.17, 15) is 0 Å². The van der Waals surface area contributed by atoms with Gasteiger partial charge in [-0.1, -0.05) is 69.0 Å². The third-order valence-electron chi connectivity index (χ3n) is 6.56. The van der Waals surface area contributed by atoms with Crippen LogP contribution >= 0.6 is 0 Å². The summed E-state index contributed by atoms with van der Waals surface area (Å²) in [4.78, 5) is 0. The van der Waals surface area contributed by atoms with E-state index in [1.807, 2.05) is 42.5 Å². The maximum Gasteiger partial charge on any atom is 0.184 e. The molecule has 35 heavy (non-hydrogen) atoms. The first kappa shape index (κ1) is 25.3. The van der Waals surface area contributed by atoms with Crippen LogP contribution in [0.3, 0.4) is 0 Å². The summed E-state index contributed by atoms with van der Waals surface area (Å²) in [5.74, 6) is -0.180. The van der Waals surface area contributed by atoms with Gasteiger partial charge in [0.1, 0.15) is 11.9 Å². The van der Waals surface area contributed by atoms with Gasteiger partial charge in [0.25, 0.3) is 0 Å². The van der Waals surface area contributed by atoms with Crippen LogP contribution in [0, 0.1) is 17.1 Å². The van der Waals surface area contributed by atoms with Crippen LogP contribution in [0.1, 0.15) is 67.6 Å². The van der Waals surface area contributed by atoms with Crippen LogP contribution < -0.4 is 0 Å². The molecule has 3 aromatic rings. The van der Waals surface area contributed by atoms with Gasteiger partial charge in [-0.2, -0.15) is 5.26 Å². The second-order valence-electron chi connectivity index (χ2n) is 9.23. The molecule has 1 aliphatic rings. The molecule has 1 heterocycles. The Morgan fingerprint density at radius 3 is 2.46 bits per heavy atom. The van der Waals surface area contributed by atoms with Crippen molar-refractivity contribution in [3.8, 4) is 6.07 Å². The number of nitrogens with zero attached hydrogens (tertiary/aromatic N) is 1. The van der Waals surface area contributed by atoms with E-state index in [2.05, 4.69) is 13.0 Å². The Bertz CT molecular complexity index is 1130. The largest absolute Gasteiger partial charge is 0.373 e. The molecular weight excluding hydrogens is 441 g/mol. The lowest BCUT2D eigenvalue weighted by Crippen LogP contribution is -2.33. The second-order valence-corrected chi connectivity index (χ2v) is 9.23. The number of benzene rings is 3. The molecule has 0 atom stereocenters. The van der Waals surface area contributed by atoms with E-state index in [-0.39, 0.29) is 11.9 Å². The van der Waals surface area contributed by atoms with E-state index in [0.29, 0.717) is 36.1 Å².